The summed E-state index contributed by atoms with van der Waals surface area (Å²) in [5, 5.41) is 10.8. The molecule has 1 aliphatic carbocycles. The fourth-order valence-corrected chi connectivity index (χ4v) is 6.33. The van der Waals surface area contributed by atoms with E-state index < -0.39 is 11.6 Å². The molecule has 0 radical (unpaired) electrons. The second kappa shape index (κ2) is 8.05. The molecule has 2 aliphatic rings. The molecule has 0 bridgehead atoms. The third kappa shape index (κ3) is 3.26. The topological polar surface area (TPSA) is 65.6 Å². The molecule has 1 spiro atoms. The Labute approximate surface area is 189 Å². The first-order chi connectivity index (χ1) is 15.5. The molecule has 5 heteroatoms. The molecule has 2 N–H and O–H groups in total. The van der Waals surface area contributed by atoms with Crippen LogP contribution in [-0.2, 0) is 27.1 Å². The van der Waals surface area contributed by atoms with Crippen molar-refractivity contribution in [3.8, 4) is 0 Å². The Bertz CT molecular complexity index is 1120. The van der Waals surface area contributed by atoms with Crippen molar-refractivity contribution in [2.75, 3.05) is 20.7 Å². The number of rotatable bonds is 5. The number of fused-ring (bicyclic) bond motifs is 4. The van der Waals surface area contributed by atoms with Gasteiger partial charge in [0.15, 0.2) is 0 Å². The Morgan fingerprint density at radius 2 is 1.88 bits per heavy atom. The predicted octanol–water partition coefficient (Wildman–Crippen LogP) is 5.06. The number of aromatic amines is 1. The van der Waals surface area contributed by atoms with Crippen molar-refractivity contribution in [1.29, 1.82) is 0 Å². The van der Waals surface area contributed by atoms with Crippen LogP contribution in [-0.4, -0.2) is 41.7 Å². The first-order valence-corrected chi connectivity index (χ1v) is 11.6. The van der Waals surface area contributed by atoms with Crippen molar-refractivity contribution in [3.05, 3.63) is 71.4 Å². The minimum Gasteiger partial charge on any atom is -0.481 e. The number of nitrogens with one attached hydrogen (secondary N) is 1. The number of hydrogen-bond acceptors (Lipinski definition) is 3. The summed E-state index contributed by atoms with van der Waals surface area (Å²) >= 11 is 0. The molecule has 168 valence electrons. The fraction of sp³-hybridized carbons (Fsp3) is 0.444. The van der Waals surface area contributed by atoms with Crippen LogP contribution in [0.1, 0.15) is 48.9 Å². The highest BCUT2D eigenvalue weighted by Crippen LogP contribution is 2.56. The summed E-state index contributed by atoms with van der Waals surface area (Å²) in [6, 6.07) is 19.2. The van der Waals surface area contributed by atoms with Crippen molar-refractivity contribution in [1.82, 2.24) is 9.88 Å². The summed E-state index contributed by atoms with van der Waals surface area (Å²) < 4.78 is 6.67. The summed E-state index contributed by atoms with van der Waals surface area (Å²) in [6.45, 7) is 0.679. The van der Waals surface area contributed by atoms with Gasteiger partial charge in [0, 0.05) is 22.9 Å². The van der Waals surface area contributed by atoms with Crippen LogP contribution in [0.5, 0.6) is 0 Å². The zero-order valence-corrected chi connectivity index (χ0v) is 18.9. The summed E-state index contributed by atoms with van der Waals surface area (Å²) in [5.41, 5.74) is 4.38. The van der Waals surface area contributed by atoms with Crippen LogP contribution >= 0.6 is 0 Å². The largest absolute Gasteiger partial charge is 0.481 e. The van der Waals surface area contributed by atoms with E-state index in [1.807, 2.05) is 0 Å². The van der Waals surface area contributed by atoms with E-state index in [0.29, 0.717) is 13.0 Å². The highest BCUT2D eigenvalue weighted by Gasteiger charge is 2.54. The highest BCUT2D eigenvalue weighted by atomic mass is 16.5. The molecule has 3 atom stereocenters. The molecule has 2 heterocycles. The van der Waals surface area contributed by atoms with Gasteiger partial charge in [-0.1, -0.05) is 48.5 Å². The molecule has 32 heavy (non-hydrogen) atoms. The van der Waals surface area contributed by atoms with Crippen molar-refractivity contribution in [3.63, 3.8) is 0 Å². The smallest absolute Gasteiger partial charge is 0.303 e. The first kappa shape index (κ1) is 21.2. The second-order valence-electron chi connectivity index (χ2n) is 9.64. The lowest BCUT2D eigenvalue weighted by atomic mass is 9.61. The minimum absolute atomic E-state index is 0.0991. The van der Waals surface area contributed by atoms with Crippen LogP contribution < -0.4 is 0 Å². The average Bonchev–Trinajstić information content (AvgIpc) is 3.19. The summed E-state index contributed by atoms with van der Waals surface area (Å²) in [6.07, 6.45) is 4.35. The number of aliphatic carboxylic acids is 1. The van der Waals surface area contributed by atoms with Gasteiger partial charge >= 0.3 is 5.97 Å². The molecule has 0 amide bonds. The number of para-hydroxylation sites is 1. The van der Waals surface area contributed by atoms with E-state index in [1.165, 1.54) is 22.2 Å². The zero-order valence-electron chi connectivity index (χ0n) is 18.9. The third-order valence-corrected chi connectivity index (χ3v) is 7.98. The average molecular weight is 433 g/mol. The van der Waals surface area contributed by atoms with Crippen LogP contribution in [0.2, 0.25) is 0 Å². The Morgan fingerprint density at radius 3 is 2.62 bits per heavy atom. The predicted molar refractivity (Wildman–Crippen MR) is 126 cm³/mol. The van der Waals surface area contributed by atoms with Crippen LogP contribution in [0.3, 0.4) is 0 Å². The zero-order chi connectivity index (χ0) is 22.3. The lowest BCUT2D eigenvalue weighted by Crippen LogP contribution is -2.55. The molecule has 1 saturated carbocycles. The van der Waals surface area contributed by atoms with Gasteiger partial charge in [-0.05, 0) is 69.3 Å². The molecule has 0 saturated heterocycles. The Balaban J connectivity index is 1.62. The fourth-order valence-electron chi connectivity index (χ4n) is 6.33. The van der Waals surface area contributed by atoms with Crippen molar-refractivity contribution in [2.24, 2.45) is 5.92 Å². The third-order valence-electron chi connectivity index (χ3n) is 7.98. The van der Waals surface area contributed by atoms with Gasteiger partial charge in [0.1, 0.15) is 5.60 Å². The Hall–Kier alpha value is -2.63. The van der Waals surface area contributed by atoms with E-state index in [4.69, 9.17) is 4.74 Å². The minimum atomic E-state index is -0.742. The van der Waals surface area contributed by atoms with E-state index >= 15 is 0 Å². The first-order valence-electron chi connectivity index (χ1n) is 11.6. The van der Waals surface area contributed by atoms with E-state index in [9.17, 15) is 9.90 Å². The van der Waals surface area contributed by atoms with E-state index in [1.54, 1.807) is 0 Å². The second-order valence-corrected chi connectivity index (χ2v) is 9.64. The lowest BCUT2D eigenvalue weighted by molar-refractivity contribution is -0.158. The van der Waals surface area contributed by atoms with Crippen molar-refractivity contribution in [2.45, 2.75) is 49.7 Å². The van der Waals surface area contributed by atoms with Crippen LogP contribution in [0, 0.1) is 5.92 Å². The number of carboxylic acids is 1. The molecule has 3 aromatic rings. The molecule has 5 nitrogen and oxygen atoms in total. The quantitative estimate of drug-likeness (QED) is 0.592. The molecule has 5 rings (SSSR count). The lowest BCUT2D eigenvalue weighted by Gasteiger charge is -2.55. The molecular weight excluding hydrogens is 400 g/mol. The van der Waals surface area contributed by atoms with E-state index in [0.717, 1.165) is 31.2 Å². The molecule has 2 aromatic carbocycles. The van der Waals surface area contributed by atoms with Gasteiger partial charge in [-0.2, -0.15) is 0 Å². The van der Waals surface area contributed by atoms with Gasteiger partial charge in [0.05, 0.1) is 12.3 Å². The maximum atomic E-state index is 11.6. The number of benzene rings is 2. The summed E-state index contributed by atoms with van der Waals surface area (Å²) in [7, 11) is 4.30. The number of carboxylic acid groups (broad SMARTS) is 1. The van der Waals surface area contributed by atoms with Gasteiger partial charge in [-0.3, -0.25) is 9.69 Å². The number of nitrogens with zero attached hydrogens (tertiary/aromatic N) is 1. The van der Waals surface area contributed by atoms with Gasteiger partial charge in [0.2, 0.25) is 0 Å². The molecular formula is C27H32N2O3. The SMILES string of the molecule is CN(C)C1(c2ccccc2)CCC2(OCCc3c2[nH]c2ccccc32)C(CCC(=O)O)C1. The van der Waals surface area contributed by atoms with Crippen LogP contribution in [0.25, 0.3) is 10.9 Å². The van der Waals surface area contributed by atoms with Gasteiger partial charge in [-0.15, -0.1) is 0 Å². The number of hydrogen-bond donors (Lipinski definition) is 2. The number of ether oxygens (including phenoxy) is 1. The number of H-pyrrole nitrogens is 1. The molecule has 1 fully saturated rings. The highest BCUT2D eigenvalue weighted by molar-refractivity contribution is 5.85. The molecule has 1 aromatic heterocycles. The maximum Gasteiger partial charge on any atom is 0.303 e. The van der Waals surface area contributed by atoms with Crippen molar-refractivity contribution >= 4 is 16.9 Å². The van der Waals surface area contributed by atoms with Gasteiger partial charge in [-0.25, -0.2) is 0 Å². The van der Waals surface area contributed by atoms with E-state index in [-0.39, 0.29) is 17.9 Å². The normalized spacial score (nSPS) is 27.7. The van der Waals surface area contributed by atoms with E-state index in [2.05, 4.69) is 78.6 Å². The van der Waals surface area contributed by atoms with Gasteiger partial charge in [0.25, 0.3) is 0 Å². The summed E-state index contributed by atoms with van der Waals surface area (Å²) in [5.74, 6) is -0.643. The Morgan fingerprint density at radius 1 is 1.12 bits per heavy atom. The number of carbonyl (C=O) groups is 1. The molecule has 3 unspecified atom stereocenters. The van der Waals surface area contributed by atoms with Crippen LogP contribution in [0.4, 0.5) is 0 Å². The maximum absolute atomic E-state index is 11.6. The molecule has 1 aliphatic heterocycles. The monoisotopic (exact) mass is 432 g/mol. The van der Waals surface area contributed by atoms with Gasteiger partial charge < -0.3 is 14.8 Å². The summed E-state index contributed by atoms with van der Waals surface area (Å²) in [4.78, 5) is 17.6. The standard InChI is InChI=1S/C27H32N2O3/c1-29(2)26(19-8-4-3-5-9-19)15-16-27(20(18-26)12-13-24(30)31)25-22(14-17-32-27)21-10-6-7-11-23(21)28-25/h3-11,20,28H,12-18H2,1-2H3,(H,30,31). The van der Waals surface area contributed by atoms with Crippen molar-refractivity contribution < 1.29 is 14.6 Å². The Kier molecular flexibility index (Phi) is 5.34. The number of aromatic nitrogens is 1. The van der Waals surface area contributed by atoms with Crippen LogP contribution in [0.15, 0.2) is 54.6 Å².